The molecule has 1 N–H and O–H groups in total. The van der Waals surface area contributed by atoms with E-state index in [2.05, 4.69) is 24.4 Å². The number of anilines is 2. The maximum absolute atomic E-state index is 13.0. The number of halogens is 1. The lowest BCUT2D eigenvalue weighted by molar-refractivity contribution is 0.257. The third-order valence-electron chi connectivity index (χ3n) is 4.38. The highest BCUT2D eigenvalue weighted by molar-refractivity contribution is 6.30. The molecule has 0 heterocycles. The Morgan fingerprint density at radius 2 is 1.75 bits per heavy atom. The first-order valence-corrected chi connectivity index (χ1v) is 9.68. The molecule has 0 spiro atoms. The number of nitrogens with zero attached hydrogens (tertiary/aromatic N) is 1. The number of nitrogens with one attached hydrogen (secondary N) is 1. The molecule has 3 aromatic carbocycles. The van der Waals surface area contributed by atoms with E-state index in [4.69, 9.17) is 11.6 Å². The van der Waals surface area contributed by atoms with Gasteiger partial charge in [-0.1, -0.05) is 79.2 Å². The van der Waals surface area contributed by atoms with Gasteiger partial charge in [0.15, 0.2) is 0 Å². The van der Waals surface area contributed by atoms with Crippen LogP contribution in [-0.2, 0) is 6.42 Å². The Kier molecular flexibility index (Phi) is 6.88. The normalized spacial score (nSPS) is 10.8. The Bertz CT molecular complexity index is 936. The number of carbonyl (C=O) groups excluding carboxylic acids is 1. The molecule has 0 saturated carbocycles. The highest BCUT2D eigenvalue weighted by Crippen LogP contribution is 2.20. The molecular weight excluding hydrogens is 368 g/mol. The van der Waals surface area contributed by atoms with Crippen LogP contribution in [0.3, 0.4) is 0 Å². The van der Waals surface area contributed by atoms with Crippen molar-refractivity contribution in [1.82, 2.24) is 0 Å². The van der Waals surface area contributed by atoms with E-state index in [-0.39, 0.29) is 6.03 Å². The molecule has 3 rings (SSSR count). The van der Waals surface area contributed by atoms with Crippen LogP contribution < -0.4 is 10.2 Å². The Morgan fingerprint density at radius 1 is 1.00 bits per heavy atom. The van der Waals surface area contributed by atoms with Crippen molar-refractivity contribution < 1.29 is 4.79 Å². The summed E-state index contributed by atoms with van der Waals surface area (Å²) in [5.41, 5.74) is 3.84. The van der Waals surface area contributed by atoms with E-state index in [9.17, 15) is 4.79 Å². The van der Waals surface area contributed by atoms with Crippen LogP contribution in [0.4, 0.5) is 16.2 Å². The number of amides is 2. The Balaban J connectivity index is 1.80. The third kappa shape index (κ3) is 5.48. The van der Waals surface area contributed by atoms with E-state index in [0.717, 1.165) is 17.7 Å². The standard InChI is InChI=1S/C24H23ClN2O/c1-2-19-13-15-23(16-14-19)27(17-7-10-20-8-4-3-5-9-20)24(28)26-22-12-6-11-21(25)18-22/h3-16,18H,2,17H2,1H3,(H,26,28)/b10-7+. The van der Waals surface area contributed by atoms with E-state index >= 15 is 0 Å². The van der Waals surface area contributed by atoms with E-state index in [1.54, 1.807) is 17.0 Å². The summed E-state index contributed by atoms with van der Waals surface area (Å²) in [6.45, 7) is 2.56. The van der Waals surface area contributed by atoms with Crippen molar-refractivity contribution in [1.29, 1.82) is 0 Å². The first-order valence-electron chi connectivity index (χ1n) is 9.30. The van der Waals surface area contributed by atoms with Crippen LogP contribution >= 0.6 is 11.6 Å². The van der Waals surface area contributed by atoms with Crippen LogP contribution in [0.5, 0.6) is 0 Å². The van der Waals surface area contributed by atoms with E-state index in [1.165, 1.54) is 5.56 Å². The van der Waals surface area contributed by atoms with Gasteiger partial charge < -0.3 is 5.32 Å². The molecule has 0 atom stereocenters. The van der Waals surface area contributed by atoms with Crippen molar-refractivity contribution in [3.63, 3.8) is 0 Å². The Hall–Kier alpha value is -3.04. The van der Waals surface area contributed by atoms with Gasteiger partial charge in [0.2, 0.25) is 0 Å². The molecule has 0 saturated heterocycles. The first kappa shape index (κ1) is 19.7. The minimum absolute atomic E-state index is 0.204. The van der Waals surface area contributed by atoms with E-state index in [0.29, 0.717) is 17.3 Å². The highest BCUT2D eigenvalue weighted by atomic mass is 35.5. The smallest absolute Gasteiger partial charge is 0.307 e. The number of hydrogen-bond acceptors (Lipinski definition) is 1. The largest absolute Gasteiger partial charge is 0.326 e. The van der Waals surface area contributed by atoms with Crippen molar-refractivity contribution in [3.8, 4) is 0 Å². The van der Waals surface area contributed by atoms with Crippen LogP contribution in [0, 0.1) is 0 Å². The van der Waals surface area contributed by atoms with E-state index in [1.807, 2.05) is 66.7 Å². The van der Waals surface area contributed by atoms with E-state index < -0.39 is 0 Å². The Labute approximate surface area is 171 Å². The second-order valence-electron chi connectivity index (χ2n) is 6.38. The zero-order valence-electron chi connectivity index (χ0n) is 15.8. The lowest BCUT2D eigenvalue weighted by Crippen LogP contribution is -2.35. The van der Waals surface area contributed by atoms with Crippen molar-refractivity contribution in [2.45, 2.75) is 13.3 Å². The molecule has 3 nitrogen and oxygen atoms in total. The molecule has 0 bridgehead atoms. The number of urea groups is 1. The Morgan fingerprint density at radius 3 is 2.43 bits per heavy atom. The molecule has 0 aliphatic rings. The zero-order valence-corrected chi connectivity index (χ0v) is 16.6. The molecule has 4 heteroatoms. The van der Waals surface area contributed by atoms with Gasteiger partial charge >= 0.3 is 6.03 Å². The lowest BCUT2D eigenvalue weighted by atomic mass is 10.1. The number of aryl methyl sites for hydroxylation is 1. The summed E-state index contributed by atoms with van der Waals surface area (Å²) in [4.78, 5) is 14.7. The zero-order chi connectivity index (χ0) is 19.8. The van der Waals surface area contributed by atoms with Gasteiger partial charge in [0.25, 0.3) is 0 Å². The molecule has 3 aromatic rings. The number of rotatable bonds is 6. The van der Waals surface area contributed by atoms with Gasteiger partial charge in [0.05, 0.1) is 0 Å². The topological polar surface area (TPSA) is 32.3 Å². The summed E-state index contributed by atoms with van der Waals surface area (Å²) in [5, 5.41) is 3.51. The maximum Gasteiger partial charge on any atom is 0.326 e. The third-order valence-corrected chi connectivity index (χ3v) is 4.61. The van der Waals surface area contributed by atoms with Gasteiger partial charge in [-0.05, 0) is 47.9 Å². The molecule has 0 radical (unpaired) electrons. The van der Waals surface area contributed by atoms with Crippen LogP contribution in [-0.4, -0.2) is 12.6 Å². The predicted octanol–water partition coefficient (Wildman–Crippen LogP) is 6.65. The number of benzene rings is 3. The summed E-state index contributed by atoms with van der Waals surface area (Å²) < 4.78 is 0. The average Bonchev–Trinajstić information content (AvgIpc) is 2.72. The fraction of sp³-hybridized carbons (Fsp3) is 0.125. The fourth-order valence-corrected chi connectivity index (χ4v) is 3.02. The molecule has 0 fully saturated rings. The minimum atomic E-state index is -0.204. The van der Waals surface area contributed by atoms with Gasteiger partial charge in [0.1, 0.15) is 0 Å². The van der Waals surface area contributed by atoms with Crippen LogP contribution in [0.25, 0.3) is 6.08 Å². The molecule has 0 unspecified atom stereocenters. The number of hydrogen-bond donors (Lipinski definition) is 1. The molecule has 0 aromatic heterocycles. The SMILES string of the molecule is CCc1ccc(N(C/C=C/c2ccccc2)C(=O)Nc2cccc(Cl)c2)cc1. The maximum atomic E-state index is 13.0. The highest BCUT2D eigenvalue weighted by Gasteiger charge is 2.15. The van der Waals surface area contributed by atoms with Crippen LogP contribution in [0.1, 0.15) is 18.1 Å². The summed E-state index contributed by atoms with van der Waals surface area (Å²) in [5.74, 6) is 0. The summed E-state index contributed by atoms with van der Waals surface area (Å²) in [7, 11) is 0. The fourth-order valence-electron chi connectivity index (χ4n) is 2.83. The molecular formula is C24H23ClN2O. The van der Waals surface area contributed by atoms with Gasteiger partial charge in [-0.3, -0.25) is 4.90 Å². The molecule has 28 heavy (non-hydrogen) atoms. The predicted molar refractivity (Wildman–Crippen MR) is 119 cm³/mol. The lowest BCUT2D eigenvalue weighted by Gasteiger charge is -2.22. The van der Waals surface area contributed by atoms with Gasteiger partial charge in [-0.25, -0.2) is 4.79 Å². The van der Waals surface area contributed by atoms with Crippen LogP contribution in [0.2, 0.25) is 5.02 Å². The first-order chi connectivity index (χ1) is 13.7. The van der Waals surface area contributed by atoms with Gasteiger partial charge in [-0.2, -0.15) is 0 Å². The summed E-state index contributed by atoms with van der Waals surface area (Å²) in [6, 6.07) is 25.0. The molecule has 2 amide bonds. The average molecular weight is 391 g/mol. The van der Waals surface area contributed by atoms with Gasteiger partial charge in [0, 0.05) is 22.9 Å². The van der Waals surface area contributed by atoms with Crippen molar-refractivity contribution >= 4 is 35.1 Å². The number of carbonyl (C=O) groups is 1. The monoisotopic (exact) mass is 390 g/mol. The van der Waals surface area contributed by atoms with Crippen molar-refractivity contribution in [3.05, 3.63) is 101 Å². The summed E-state index contributed by atoms with van der Waals surface area (Å²) in [6.07, 6.45) is 4.96. The quantitative estimate of drug-likeness (QED) is 0.501. The molecule has 0 aliphatic carbocycles. The summed E-state index contributed by atoms with van der Waals surface area (Å²) >= 11 is 6.03. The van der Waals surface area contributed by atoms with Gasteiger partial charge in [-0.15, -0.1) is 0 Å². The van der Waals surface area contributed by atoms with Crippen molar-refractivity contribution in [2.24, 2.45) is 0 Å². The minimum Gasteiger partial charge on any atom is -0.307 e. The second kappa shape index (κ2) is 9.77. The second-order valence-corrected chi connectivity index (χ2v) is 6.82. The van der Waals surface area contributed by atoms with Crippen LogP contribution in [0.15, 0.2) is 84.9 Å². The van der Waals surface area contributed by atoms with Crippen molar-refractivity contribution in [2.75, 3.05) is 16.8 Å². The molecule has 142 valence electrons. The molecule has 0 aliphatic heterocycles.